The number of aliphatic hydroxyl groups excluding tert-OH is 1. The molecule has 0 aliphatic carbocycles. The molecule has 3 N–H and O–H groups in total. The van der Waals surface area contributed by atoms with Crippen LogP contribution in [0.1, 0.15) is 54.4 Å². The van der Waals surface area contributed by atoms with Crippen LogP contribution in [0, 0.1) is 5.92 Å². The number of rotatable bonds is 13. The topological polar surface area (TPSA) is 131 Å². The summed E-state index contributed by atoms with van der Waals surface area (Å²) < 4.78 is 19.6. The predicted molar refractivity (Wildman–Crippen MR) is 186 cm³/mol. The summed E-state index contributed by atoms with van der Waals surface area (Å²) in [5, 5.41) is 21.7. The molecule has 1 aliphatic rings. The van der Waals surface area contributed by atoms with E-state index < -0.39 is 12.3 Å². The largest absolute Gasteiger partial charge is 0.481 e. The van der Waals surface area contributed by atoms with Gasteiger partial charge in [-0.05, 0) is 16.7 Å². The molecule has 1 saturated heterocycles. The number of hydrogen-bond acceptors (Lipinski definition) is 8. The van der Waals surface area contributed by atoms with Gasteiger partial charge in [0.2, 0.25) is 5.91 Å². The molecule has 0 radical (unpaired) electrons. The molecule has 2 heterocycles. The molecule has 6 rings (SSSR count). The predicted octanol–water partition coefficient (Wildman–Crippen LogP) is 7.57. The van der Waals surface area contributed by atoms with Gasteiger partial charge in [0.1, 0.15) is 5.69 Å². The van der Waals surface area contributed by atoms with E-state index in [0.717, 1.165) is 39.1 Å². The highest BCUT2D eigenvalue weighted by Crippen LogP contribution is 2.44. The van der Waals surface area contributed by atoms with Crippen LogP contribution in [0.4, 0.5) is 0 Å². The molecule has 0 unspecified atom stereocenters. The zero-order valence-corrected chi connectivity index (χ0v) is 27.8. The highest BCUT2D eigenvalue weighted by Gasteiger charge is 2.38. The molecule has 10 heteroatoms. The molecule has 49 heavy (non-hydrogen) atoms. The molecule has 5 aromatic rings. The summed E-state index contributed by atoms with van der Waals surface area (Å²) in [5.41, 5.74) is 6.22. The summed E-state index contributed by atoms with van der Waals surface area (Å²) in [5.74, 6) is -0.0627. The Morgan fingerprint density at radius 2 is 1.43 bits per heavy atom. The van der Waals surface area contributed by atoms with Gasteiger partial charge in [0.25, 0.3) is 5.22 Å². The zero-order chi connectivity index (χ0) is 34.2. The summed E-state index contributed by atoms with van der Waals surface area (Å²) >= 11 is 1.50. The Balaban J connectivity index is 1.21. The number of ether oxygens (including phenoxy) is 2. The van der Waals surface area contributed by atoms with Crippen LogP contribution in [-0.4, -0.2) is 38.9 Å². The Hall–Kier alpha value is -4.74. The molecule has 0 spiro atoms. The molecule has 4 aromatic carbocycles. The summed E-state index contributed by atoms with van der Waals surface area (Å²) in [7, 11) is 0. The van der Waals surface area contributed by atoms with Crippen LogP contribution in [0.3, 0.4) is 0 Å². The molecule has 1 aliphatic heterocycles. The van der Waals surface area contributed by atoms with Gasteiger partial charge in [0.05, 0.1) is 25.2 Å². The lowest BCUT2D eigenvalue weighted by Crippen LogP contribution is -2.38. The third-order valence-corrected chi connectivity index (χ3v) is 9.41. The lowest BCUT2D eigenvalue weighted by Gasteiger charge is -2.41. The Bertz CT molecular complexity index is 1770. The van der Waals surface area contributed by atoms with E-state index in [9.17, 15) is 14.7 Å². The Morgan fingerprint density at radius 1 is 0.796 bits per heavy atom. The van der Waals surface area contributed by atoms with Gasteiger partial charge in [-0.25, -0.2) is 4.98 Å². The van der Waals surface area contributed by atoms with Crippen LogP contribution >= 0.6 is 11.8 Å². The number of benzene rings is 4. The second kappa shape index (κ2) is 16.1. The molecule has 1 fully saturated rings. The van der Waals surface area contributed by atoms with Crippen molar-refractivity contribution >= 4 is 23.6 Å². The first-order valence-corrected chi connectivity index (χ1v) is 17.2. The Morgan fingerprint density at radius 3 is 2.08 bits per heavy atom. The first-order chi connectivity index (χ1) is 23.9. The van der Waals surface area contributed by atoms with Crippen molar-refractivity contribution in [2.75, 3.05) is 5.75 Å². The number of carbonyl (C=O) groups is 2. The van der Waals surface area contributed by atoms with E-state index in [-0.39, 0.29) is 50.0 Å². The Kier molecular flexibility index (Phi) is 11.2. The minimum absolute atomic E-state index is 0.0267. The minimum Gasteiger partial charge on any atom is -0.481 e. The average Bonchev–Trinajstić information content (AvgIpc) is 3.58. The normalized spacial score (nSPS) is 19.0. The third-order valence-electron chi connectivity index (χ3n) is 8.49. The number of nitrogens with one attached hydrogen (secondary N) is 1. The second-order valence-corrected chi connectivity index (χ2v) is 12.9. The van der Waals surface area contributed by atoms with Crippen LogP contribution in [0.25, 0.3) is 22.6 Å². The van der Waals surface area contributed by atoms with Crippen LogP contribution < -0.4 is 5.32 Å². The molecule has 252 valence electrons. The van der Waals surface area contributed by atoms with Gasteiger partial charge in [-0.15, -0.1) is 0 Å². The maximum atomic E-state index is 12.0. The first-order valence-electron chi connectivity index (χ1n) is 16.2. The average molecular weight is 679 g/mol. The number of amides is 1. The van der Waals surface area contributed by atoms with E-state index in [4.69, 9.17) is 24.0 Å². The van der Waals surface area contributed by atoms with E-state index in [1.165, 1.54) is 11.8 Å². The van der Waals surface area contributed by atoms with Gasteiger partial charge >= 0.3 is 5.97 Å². The number of thioether (sulfide) groups is 1. The number of carboxylic acids is 1. The second-order valence-electron chi connectivity index (χ2n) is 11.9. The third kappa shape index (κ3) is 8.65. The molecule has 1 aromatic heterocycles. The standard InChI is InChI=1S/C39H38N2O7S/c1-25-32(24-49-39-41-35(28-8-4-2-5-9-28)37(48-39)29-10-6-3-7-11-29)46-38(47-36(25)30-16-14-27(23-42)15-17-30)31-18-12-26(13-19-31)22-40-33(43)20-21-34(44)45/h2-19,25,32,36,38,42H,20-24H2,1H3,(H,40,43)(H,44,45)/t25-,32+,36+,38+/m1/s1. The van der Waals surface area contributed by atoms with Crippen molar-refractivity contribution in [2.24, 2.45) is 5.92 Å². The summed E-state index contributed by atoms with van der Waals surface area (Å²) in [4.78, 5) is 27.7. The lowest BCUT2D eigenvalue weighted by molar-refractivity contribution is -0.268. The smallest absolute Gasteiger partial charge is 0.303 e. The summed E-state index contributed by atoms with van der Waals surface area (Å²) in [6, 6.07) is 35.4. The van der Waals surface area contributed by atoms with Crippen LogP contribution in [0.5, 0.6) is 0 Å². The Labute approximate surface area is 289 Å². The van der Waals surface area contributed by atoms with Crippen LogP contribution in [0.15, 0.2) is 119 Å². The van der Waals surface area contributed by atoms with Crippen molar-refractivity contribution in [3.63, 3.8) is 0 Å². The van der Waals surface area contributed by atoms with E-state index in [0.29, 0.717) is 16.7 Å². The molecule has 0 saturated carbocycles. The van der Waals surface area contributed by atoms with Gasteiger partial charge in [0.15, 0.2) is 12.1 Å². The van der Waals surface area contributed by atoms with E-state index >= 15 is 0 Å². The van der Waals surface area contributed by atoms with Crippen molar-refractivity contribution in [1.82, 2.24) is 10.3 Å². The molecule has 0 bridgehead atoms. The van der Waals surface area contributed by atoms with Gasteiger partial charge in [0, 0.05) is 41.3 Å². The summed E-state index contributed by atoms with van der Waals surface area (Å²) in [6.45, 7) is 2.36. The van der Waals surface area contributed by atoms with E-state index in [1.54, 1.807) is 0 Å². The first kappa shape index (κ1) is 34.1. The van der Waals surface area contributed by atoms with Crippen molar-refractivity contribution in [2.45, 2.75) is 56.6 Å². The van der Waals surface area contributed by atoms with Gasteiger partial charge in [-0.3, -0.25) is 9.59 Å². The highest BCUT2D eigenvalue weighted by atomic mass is 32.2. The molecule has 9 nitrogen and oxygen atoms in total. The fraction of sp³-hybridized carbons (Fsp3) is 0.256. The monoisotopic (exact) mass is 678 g/mol. The number of aromatic nitrogens is 1. The van der Waals surface area contributed by atoms with Crippen molar-refractivity contribution in [1.29, 1.82) is 0 Å². The van der Waals surface area contributed by atoms with E-state index in [2.05, 4.69) is 12.2 Å². The fourth-order valence-electron chi connectivity index (χ4n) is 5.70. The van der Waals surface area contributed by atoms with Gasteiger partial charge in [-0.2, -0.15) is 0 Å². The van der Waals surface area contributed by atoms with Gasteiger partial charge < -0.3 is 29.4 Å². The number of carboxylic acid groups (broad SMARTS) is 1. The van der Waals surface area contributed by atoms with Crippen molar-refractivity contribution in [3.8, 4) is 22.6 Å². The van der Waals surface area contributed by atoms with Crippen LogP contribution in [-0.2, 0) is 32.2 Å². The number of carbonyl (C=O) groups excluding carboxylic acids is 1. The van der Waals surface area contributed by atoms with Gasteiger partial charge in [-0.1, -0.05) is 128 Å². The van der Waals surface area contributed by atoms with Crippen LogP contribution in [0.2, 0.25) is 0 Å². The highest BCUT2D eigenvalue weighted by molar-refractivity contribution is 7.99. The molecule has 4 atom stereocenters. The summed E-state index contributed by atoms with van der Waals surface area (Å²) in [6.07, 6.45) is -1.44. The van der Waals surface area contributed by atoms with Crippen molar-refractivity contribution in [3.05, 3.63) is 131 Å². The van der Waals surface area contributed by atoms with Crippen molar-refractivity contribution < 1.29 is 33.7 Å². The molecular formula is C39H38N2O7S. The molecule has 1 amide bonds. The SMILES string of the molecule is C[C@@H]1[C@H](CSc2nc(-c3ccccc3)c(-c3ccccc3)o2)O[C@H](c2ccc(CNC(=O)CCC(=O)O)cc2)O[C@@H]1c1ccc(CO)cc1. The quantitative estimate of drug-likeness (QED) is 0.108. The van der Waals surface area contributed by atoms with E-state index in [1.807, 2.05) is 109 Å². The minimum atomic E-state index is -1.00. The maximum absolute atomic E-state index is 12.0. The number of aliphatic hydroxyl groups is 1. The molecular weight excluding hydrogens is 641 g/mol. The zero-order valence-electron chi connectivity index (χ0n) is 27.0. The lowest BCUT2D eigenvalue weighted by atomic mass is 9.91. The number of hydrogen-bond donors (Lipinski definition) is 3. The fourth-order valence-corrected chi connectivity index (χ4v) is 6.69. The number of aliphatic carboxylic acids is 1. The number of oxazole rings is 1. The maximum Gasteiger partial charge on any atom is 0.303 e. The number of nitrogens with zero attached hydrogens (tertiary/aromatic N) is 1.